The van der Waals surface area contributed by atoms with E-state index < -0.39 is 0 Å². The van der Waals surface area contributed by atoms with Crippen LogP contribution in [0.15, 0.2) is 0 Å². The monoisotopic (exact) mass is 282 g/mol. The lowest BCUT2D eigenvalue weighted by Gasteiger charge is -2.30. The Morgan fingerprint density at radius 2 is 1.95 bits per heavy atom. The highest BCUT2D eigenvalue weighted by Gasteiger charge is 2.28. The van der Waals surface area contributed by atoms with Gasteiger partial charge in [0.05, 0.1) is 12.7 Å². The van der Waals surface area contributed by atoms with E-state index in [1.807, 2.05) is 0 Å². The zero-order chi connectivity index (χ0) is 14.4. The molecule has 3 N–H and O–H groups in total. The van der Waals surface area contributed by atoms with Crippen molar-refractivity contribution in [2.45, 2.75) is 70.4 Å². The summed E-state index contributed by atoms with van der Waals surface area (Å²) < 4.78 is 5.82. The second-order valence-corrected chi connectivity index (χ2v) is 6.69. The molecule has 0 spiro atoms. The molecule has 0 aromatic heterocycles. The van der Waals surface area contributed by atoms with E-state index in [1.54, 1.807) is 0 Å². The van der Waals surface area contributed by atoms with Gasteiger partial charge in [-0.15, -0.1) is 0 Å². The van der Waals surface area contributed by atoms with E-state index in [0.29, 0.717) is 25.2 Å². The molecule has 1 amide bonds. The topological polar surface area (TPSA) is 64.4 Å². The van der Waals surface area contributed by atoms with Gasteiger partial charge in [0.1, 0.15) is 0 Å². The van der Waals surface area contributed by atoms with Crippen LogP contribution in [0.3, 0.4) is 0 Å². The van der Waals surface area contributed by atoms with Crippen LogP contribution < -0.4 is 11.1 Å². The fourth-order valence-corrected chi connectivity index (χ4v) is 3.65. The van der Waals surface area contributed by atoms with Crippen LogP contribution in [-0.4, -0.2) is 31.2 Å². The lowest BCUT2D eigenvalue weighted by atomic mass is 9.79. The molecule has 0 radical (unpaired) electrons. The molecule has 4 nitrogen and oxygen atoms in total. The Bertz CT molecular complexity index is 293. The maximum Gasteiger partial charge on any atom is 0.223 e. The predicted octanol–water partition coefficient (Wildman–Crippen LogP) is 2.22. The van der Waals surface area contributed by atoms with Crippen molar-refractivity contribution in [3.8, 4) is 0 Å². The molecule has 3 atom stereocenters. The summed E-state index contributed by atoms with van der Waals surface area (Å²) in [6.45, 7) is 3.46. The third-order valence-electron chi connectivity index (χ3n) is 4.66. The molecule has 2 aliphatic rings. The second kappa shape index (κ2) is 7.99. The quantitative estimate of drug-likeness (QED) is 0.760. The molecule has 0 aromatic carbocycles. The van der Waals surface area contributed by atoms with Gasteiger partial charge in [0.25, 0.3) is 0 Å². The highest BCUT2D eigenvalue weighted by atomic mass is 16.5. The van der Waals surface area contributed by atoms with Crippen LogP contribution in [-0.2, 0) is 9.53 Å². The number of hydrogen-bond donors (Lipinski definition) is 2. The van der Waals surface area contributed by atoms with Crippen LogP contribution in [0.4, 0.5) is 0 Å². The lowest BCUT2D eigenvalue weighted by Crippen LogP contribution is -2.41. The fourth-order valence-electron chi connectivity index (χ4n) is 3.65. The van der Waals surface area contributed by atoms with E-state index in [-0.39, 0.29) is 17.9 Å². The zero-order valence-corrected chi connectivity index (χ0v) is 12.8. The van der Waals surface area contributed by atoms with Crippen LogP contribution in [0.2, 0.25) is 0 Å². The van der Waals surface area contributed by atoms with E-state index in [1.165, 1.54) is 32.1 Å². The first-order valence-electron chi connectivity index (χ1n) is 8.30. The lowest BCUT2D eigenvalue weighted by molar-refractivity contribution is -0.127. The van der Waals surface area contributed by atoms with E-state index in [2.05, 4.69) is 12.2 Å². The summed E-state index contributed by atoms with van der Waals surface area (Å²) >= 11 is 0. The Balaban J connectivity index is 1.59. The molecule has 2 rings (SSSR count). The molecule has 4 heteroatoms. The summed E-state index contributed by atoms with van der Waals surface area (Å²) in [5.74, 6) is 0.829. The Labute approximate surface area is 122 Å². The van der Waals surface area contributed by atoms with E-state index in [0.717, 1.165) is 19.3 Å². The molecule has 0 aliphatic heterocycles. The number of nitrogens with two attached hydrogens (primary N) is 1. The van der Waals surface area contributed by atoms with Crippen LogP contribution in [0, 0.1) is 11.8 Å². The van der Waals surface area contributed by atoms with Crippen molar-refractivity contribution in [3.05, 3.63) is 0 Å². The summed E-state index contributed by atoms with van der Waals surface area (Å²) in [4.78, 5) is 12.1. The molecular weight excluding hydrogens is 252 g/mol. The van der Waals surface area contributed by atoms with Crippen molar-refractivity contribution in [3.63, 3.8) is 0 Å². The molecular formula is C16H30N2O2. The Hall–Kier alpha value is -0.610. The van der Waals surface area contributed by atoms with Crippen molar-refractivity contribution in [2.75, 3.05) is 13.2 Å². The molecule has 2 aliphatic carbocycles. The molecule has 20 heavy (non-hydrogen) atoms. The summed E-state index contributed by atoms with van der Waals surface area (Å²) in [6.07, 6.45) is 9.56. The van der Waals surface area contributed by atoms with Gasteiger partial charge in [-0.25, -0.2) is 0 Å². The predicted molar refractivity (Wildman–Crippen MR) is 80.3 cm³/mol. The largest absolute Gasteiger partial charge is 0.376 e. The van der Waals surface area contributed by atoms with Crippen LogP contribution in [0.25, 0.3) is 0 Å². The van der Waals surface area contributed by atoms with E-state index in [9.17, 15) is 4.79 Å². The van der Waals surface area contributed by atoms with Crippen molar-refractivity contribution in [1.82, 2.24) is 5.32 Å². The minimum absolute atomic E-state index is 0.100. The average Bonchev–Trinajstić information content (AvgIpc) is 2.43. The summed E-state index contributed by atoms with van der Waals surface area (Å²) in [6, 6.07) is 0.188. The second-order valence-electron chi connectivity index (χ2n) is 6.69. The Morgan fingerprint density at radius 1 is 1.20 bits per heavy atom. The maximum atomic E-state index is 12.1. The van der Waals surface area contributed by atoms with E-state index in [4.69, 9.17) is 10.5 Å². The third kappa shape index (κ3) is 5.06. The van der Waals surface area contributed by atoms with Gasteiger partial charge in [-0.2, -0.15) is 0 Å². The van der Waals surface area contributed by atoms with Crippen molar-refractivity contribution in [2.24, 2.45) is 17.6 Å². The van der Waals surface area contributed by atoms with Crippen LogP contribution in [0.1, 0.15) is 58.3 Å². The number of carbonyl (C=O) groups excluding carboxylic acids is 1. The van der Waals surface area contributed by atoms with Crippen molar-refractivity contribution >= 4 is 5.91 Å². The highest BCUT2D eigenvalue weighted by molar-refractivity contribution is 5.78. The first-order chi connectivity index (χ1) is 9.65. The summed E-state index contributed by atoms with van der Waals surface area (Å²) in [7, 11) is 0. The Morgan fingerprint density at radius 3 is 2.65 bits per heavy atom. The molecule has 2 fully saturated rings. The minimum atomic E-state index is 0.100. The number of rotatable bonds is 5. The van der Waals surface area contributed by atoms with Gasteiger partial charge in [-0.1, -0.05) is 26.2 Å². The molecule has 0 heterocycles. The van der Waals surface area contributed by atoms with E-state index >= 15 is 0 Å². The fraction of sp³-hybridized carbons (Fsp3) is 0.938. The number of hydrogen-bond acceptors (Lipinski definition) is 3. The number of ether oxygens (including phenoxy) is 1. The third-order valence-corrected chi connectivity index (χ3v) is 4.66. The van der Waals surface area contributed by atoms with Gasteiger partial charge in [-0.3, -0.25) is 4.79 Å². The van der Waals surface area contributed by atoms with Crippen molar-refractivity contribution < 1.29 is 9.53 Å². The molecule has 0 aromatic rings. The van der Waals surface area contributed by atoms with Gasteiger partial charge >= 0.3 is 0 Å². The molecule has 2 saturated carbocycles. The van der Waals surface area contributed by atoms with Gasteiger partial charge in [0.2, 0.25) is 5.91 Å². The van der Waals surface area contributed by atoms with Gasteiger partial charge in [-0.05, 0) is 38.0 Å². The number of amides is 1. The SMILES string of the molecule is CC1CC(N)CC(C(=O)NCCOC2CCCCC2)C1. The first kappa shape index (κ1) is 15.8. The van der Waals surface area contributed by atoms with Gasteiger partial charge < -0.3 is 15.8 Å². The number of nitrogens with one attached hydrogen (secondary N) is 1. The van der Waals surface area contributed by atoms with Gasteiger partial charge in [0, 0.05) is 18.5 Å². The zero-order valence-electron chi connectivity index (χ0n) is 12.8. The average molecular weight is 282 g/mol. The van der Waals surface area contributed by atoms with Crippen LogP contribution >= 0.6 is 0 Å². The first-order valence-corrected chi connectivity index (χ1v) is 8.30. The molecule has 0 bridgehead atoms. The smallest absolute Gasteiger partial charge is 0.223 e. The minimum Gasteiger partial charge on any atom is -0.376 e. The maximum absolute atomic E-state index is 12.1. The standard InChI is InChI=1S/C16H30N2O2/c1-12-9-13(11-14(17)10-12)16(19)18-7-8-20-15-5-3-2-4-6-15/h12-15H,2-11,17H2,1H3,(H,18,19). The molecule has 0 saturated heterocycles. The molecule has 3 unspecified atom stereocenters. The van der Waals surface area contributed by atoms with Crippen LogP contribution in [0.5, 0.6) is 0 Å². The van der Waals surface area contributed by atoms with Crippen molar-refractivity contribution in [1.29, 1.82) is 0 Å². The Kier molecular flexibility index (Phi) is 6.30. The molecule has 116 valence electrons. The normalized spacial score (nSPS) is 32.0. The summed E-state index contributed by atoms with van der Waals surface area (Å²) in [5, 5.41) is 3.01. The number of carbonyl (C=O) groups is 1. The summed E-state index contributed by atoms with van der Waals surface area (Å²) in [5.41, 5.74) is 6.00. The highest BCUT2D eigenvalue weighted by Crippen LogP contribution is 2.28. The van der Waals surface area contributed by atoms with Gasteiger partial charge in [0.15, 0.2) is 0 Å².